The molecule has 0 aromatic rings. The maximum atomic E-state index is 6.57. The molecule has 0 aromatic heterocycles. The monoisotopic (exact) mass is 514 g/mol. The third-order valence-corrected chi connectivity index (χ3v) is 10.6. The quantitative estimate of drug-likeness (QED) is 0.0984. The molecule has 0 fully saturated rings. The van der Waals surface area contributed by atoms with Crippen LogP contribution in [0.15, 0.2) is 0 Å². The predicted octanol–water partition coefficient (Wildman–Crippen LogP) is 6.83. The van der Waals surface area contributed by atoms with Crippen molar-refractivity contribution < 1.29 is 4.43 Å². The highest BCUT2D eigenvalue weighted by atomic mass is 28.2. The third-order valence-electron chi connectivity index (χ3n) is 9.03. The Kier molecular flexibility index (Phi) is 21.1. The van der Waals surface area contributed by atoms with E-state index in [1.54, 1.807) is 0 Å². The number of hydrogen-bond acceptors (Lipinski definition) is 4. The molecule has 0 aliphatic heterocycles. The predicted molar refractivity (Wildman–Crippen MR) is 162 cm³/mol. The van der Waals surface area contributed by atoms with Gasteiger partial charge < -0.3 is 19.1 Å². The van der Waals surface area contributed by atoms with Gasteiger partial charge in [-0.05, 0) is 135 Å². The lowest BCUT2D eigenvalue weighted by molar-refractivity contribution is 0.0829. The first-order valence-electron chi connectivity index (χ1n) is 15.6. The first-order valence-corrected chi connectivity index (χ1v) is 17.2. The van der Waals surface area contributed by atoms with Gasteiger partial charge in [-0.25, -0.2) is 0 Å². The Morgan fingerprint density at radius 3 is 1.17 bits per heavy atom. The van der Waals surface area contributed by atoms with Crippen LogP contribution in [-0.2, 0) is 4.43 Å². The SMILES string of the molecule is CCN(CC)CCCC(CCCN(CC)CC)(CCCN(CC)CC)CC[SiH2]OC(C)(CC)CC. The standard InChI is InChI=1S/C30H67N3OSi/c1-10-29(9,11-2)34-35-28-24-30(21-18-25-31(12-3)13-4,22-19-26-32(14-5)15-6)23-20-27-33(16-7)17-8/h10-28,35H2,1-9H3. The van der Waals surface area contributed by atoms with Gasteiger partial charge in [0.2, 0.25) is 0 Å². The van der Waals surface area contributed by atoms with Crippen LogP contribution in [0.5, 0.6) is 0 Å². The summed E-state index contributed by atoms with van der Waals surface area (Å²) in [6, 6.07) is 1.34. The molecule has 0 radical (unpaired) electrons. The molecule has 4 nitrogen and oxygen atoms in total. The molecule has 0 heterocycles. The molecule has 0 rings (SSSR count). The Morgan fingerprint density at radius 2 is 0.886 bits per heavy atom. The fourth-order valence-corrected chi connectivity index (χ4v) is 7.56. The topological polar surface area (TPSA) is 19.0 Å². The second-order valence-corrected chi connectivity index (χ2v) is 12.4. The van der Waals surface area contributed by atoms with E-state index in [4.69, 9.17) is 4.43 Å². The van der Waals surface area contributed by atoms with Gasteiger partial charge in [0.25, 0.3) is 0 Å². The van der Waals surface area contributed by atoms with Crippen LogP contribution < -0.4 is 0 Å². The lowest BCUT2D eigenvalue weighted by atomic mass is 9.73. The lowest BCUT2D eigenvalue weighted by Crippen LogP contribution is -2.32. The third kappa shape index (κ3) is 15.2. The molecule has 0 N–H and O–H groups in total. The Balaban J connectivity index is 5.39. The molecule has 0 aromatic carbocycles. The van der Waals surface area contributed by atoms with Crippen molar-refractivity contribution in [3.05, 3.63) is 0 Å². The molecule has 0 saturated heterocycles. The molecule has 5 heteroatoms. The minimum atomic E-state index is -0.469. The van der Waals surface area contributed by atoms with Crippen molar-refractivity contribution in [2.45, 2.75) is 132 Å². The number of hydrogen-bond donors (Lipinski definition) is 0. The van der Waals surface area contributed by atoms with Crippen LogP contribution in [0.3, 0.4) is 0 Å². The minimum absolute atomic E-state index is 0.114. The van der Waals surface area contributed by atoms with Gasteiger partial charge in [0.1, 0.15) is 0 Å². The molecule has 0 unspecified atom stereocenters. The van der Waals surface area contributed by atoms with Crippen LogP contribution in [0.25, 0.3) is 0 Å². The van der Waals surface area contributed by atoms with Gasteiger partial charge in [-0.1, -0.05) is 55.4 Å². The molecule has 0 aliphatic rings. The summed E-state index contributed by atoms with van der Waals surface area (Å²) in [5.74, 6) is 0. The molecule has 0 amide bonds. The van der Waals surface area contributed by atoms with Gasteiger partial charge in [0.05, 0.1) is 5.60 Å². The van der Waals surface area contributed by atoms with E-state index in [9.17, 15) is 0 Å². The van der Waals surface area contributed by atoms with Crippen LogP contribution in [-0.4, -0.2) is 89.0 Å². The molecule has 212 valence electrons. The van der Waals surface area contributed by atoms with E-state index in [1.807, 2.05) is 0 Å². The van der Waals surface area contributed by atoms with E-state index < -0.39 is 9.76 Å². The van der Waals surface area contributed by atoms with Crippen molar-refractivity contribution in [1.29, 1.82) is 0 Å². The van der Waals surface area contributed by atoms with Crippen LogP contribution in [0.2, 0.25) is 6.04 Å². The molecule has 0 bridgehead atoms. The average molecular weight is 514 g/mol. The van der Waals surface area contributed by atoms with Gasteiger partial charge in [-0.15, -0.1) is 0 Å². The van der Waals surface area contributed by atoms with Crippen molar-refractivity contribution in [3.63, 3.8) is 0 Å². The average Bonchev–Trinajstić information content (AvgIpc) is 2.89. The molecule has 0 spiro atoms. The molecular formula is C30H67N3OSi. The van der Waals surface area contributed by atoms with Gasteiger partial charge >= 0.3 is 0 Å². The van der Waals surface area contributed by atoms with E-state index in [1.165, 1.54) is 110 Å². The summed E-state index contributed by atoms with van der Waals surface area (Å²) in [7, 11) is -0.469. The zero-order valence-electron chi connectivity index (χ0n) is 25.9. The second-order valence-electron chi connectivity index (χ2n) is 11.0. The van der Waals surface area contributed by atoms with E-state index in [0.717, 1.165) is 12.8 Å². The van der Waals surface area contributed by atoms with Gasteiger partial charge in [0.15, 0.2) is 9.76 Å². The van der Waals surface area contributed by atoms with Gasteiger partial charge in [0, 0.05) is 0 Å². The maximum absolute atomic E-state index is 6.57. The number of nitrogens with zero attached hydrogens (tertiary/aromatic N) is 3. The Hall–Kier alpha value is 0.0569. The fraction of sp³-hybridized carbons (Fsp3) is 1.00. The van der Waals surface area contributed by atoms with Gasteiger partial charge in [-0.2, -0.15) is 0 Å². The maximum Gasteiger partial charge on any atom is 0.162 e. The molecule has 35 heavy (non-hydrogen) atoms. The summed E-state index contributed by atoms with van der Waals surface area (Å²) in [6.45, 7) is 31.6. The van der Waals surface area contributed by atoms with E-state index >= 15 is 0 Å². The van der Waals surface area contributed by atoms with Crippen LogP contribution in [0, 0.1) is 5.41 Å². The fourth-order valence-electron chi connectivity index (χ4n) is 5.62. The highest BCUT2D eigenvalue weighted by Gasteiger charge is 2.30. The lowest BCUT2D eigenvalue weighted by Gasteiger charge is -2.37. The van der Waals surface area contributed by atoms with Gasteiger partial charge in [-0.3, -0.25) is 0 Å². The van der Waals surface area contributed by atoms with E-state index in [0.29, 0.717) is 5.41 Å². The summed E-state index contributed by atoms with van der Waals surface area (Å²) >= 11 is 0. The first-order chi connectivity index (χ1) is 16.8. The Labute approximate surface area is 224 Å². The van der Waals surface area contributed by atoms with Crippen LogP contribution in [0.1, 0.15) is 120 Å². The zero-order chi connectivity index (χ0) is 26.6. The highest BCUT2D eigenvalue weighted by molar-refractivity contribution is 6.27. The molecule has 0 aliphatic carbocycles. The second kappa shape index (κ2) is 21.0. The Bertz CT molecular complexity index is 415. The van der Waals surface area contributed by atoms with Crippen molar-refractivity contribution in [3.8, 4) is 0 Å². The zero-order valence-corrected chi connectivity index (χ0v) is 27.3. The summed E-state index contributed by atoms with van der Waals surface area (Å²) in [5.41, 5.74) is 0.613. The molecular weight excluding hydrogens is 446 g/mol. The normalized spacial score (nSPS) is 13.4. The van der Waals surface area contributed by atoms with Crippen molar-refractivity contribution in [1.82, 2.24) is 14.7 Å². The van der Waals surface area contributed by atoms with Crippen LogP contribution in [0.4, 0.5) is 0 Å². The highest BCUT2D eigenvalue weighted by Crippen LogP contribution is 2.40. The first kappa shape index (κ1) is 35.1. The van der Waals surface area contributed by atoms with Crippen molar-refractivity contribution in [2.75, 3.05) is 58.9 Å². The summed E-state index contributed by atoms with van der Waals surface area (Å²) in [6.07, 6.45) is 11.9. The molecule has 0 saturated carbocycles. The summed E-state index contributed by atoms with van der Waals surface area (Å²) in [4.78, 5) is 7.84. The largest absolute Gasteiger partial charge is 0.419 e. The molecule has 0 atom stereocenters. The summed E-state index contributed by atoms with van der Waals surface area (Å²) in [5, 5.41) is 0. The van der Waals surface area contributed by atoms with Crippen molar-refractivity contribution in [2.24, 2.45) is 5.41 Å². The van der Waals surface area contributed by atoms with Crippen molar-refractivity contribution >= 4 is 9.76 Å². The van der Waals surface area contributed by atoms with E-state index in [2.05, 4.69) is 77.0 Å². The van der Waals surface area contributed by atoms with E-state index in [-0.39, 0.29) is 5.60 Å². The van der Waals surface area contributed by atoms with Crippen LogP contribution >= 0.6 is 0 Å². The smallest absolute Gasteiger partial charge is 0.162 e. The summed E-state index contributed by atoms with van der Waals surface area (Å²) < 4.78 is 6.57. The number of rotatable bonds is 25. The Morgan fingerprint density at radius 1 is 0.543 bits per heavy atom. The minimum Gasteiger partial charge on any atom is -0.419 e.